The highest BCUT2D eigenvalue weighted by Crippen LogP contribution is 2.37. The van der Waals surface area contributed by atoms with E-state index in [4.69, 9.17) is 0 Å². The van der Waals surface area contributed by atoms with Crippen LogP contribution in [0.3, 0.4) is 0 Å². The Hall–Kier alpha value is -2.54. The van der Waals surface area contributed by atoms with Crippen LogP contribution in [0.1, 0.15) is 98.6 Å². The first-order valence-electron chi connectivity index (χ1n) is 13.0. The van der Waals surface area contributed by atoms with Gasteiger partial charge in [0.15, 0.2) is 0 Å². The van der Waals surface area contributed by atoms with Crippen LogP contribution in [0.15, 0.2) is 66.7 Å². The fourth-order valence-electron chi connectivity index (χ4n) is 5.14. The maximum Gasteiger partial charge on any atom is 0.119 e. The van der Waals surface area contributed by atoms with Crippen LogP contribution in [0, 0.1) is 0 Å². The Bertz CT molecular complexity index is 1000. The van der Waals surface area contributed by atoms with Crippen LogP contribution in [0.4, 0.5) is 0 Å². The van der Waals surface area contributed by atoms with Crippen LogP contribution in [0.5, 0.6) is 5.75 Å². The summed E-state index contributed by atoms with van der Waals surface area (Å²) in [6, 6.07) is 23.9. The highest BCUT2D eigenvalue weighted by molar-refractivity contribution is 5.45. The number of phenolic OH excluding ortho intramolecular Hbond substituents is 1. The molecular weight excluding hydrogens is 400 g/mol. The number of aryl methyl sites for hydroxylation is 2. The summed E-state index contributed by atoms with van der Waals surface area (Å²) in [5, 5.41) is 10.9. The molecule has 3 aromatic carbocycles. The van der Waals surface area contributed by atoms with E-state index >= 15 is 0 Å². The Morgan fingerprint density at radius 1 is 0.606 bits per heavy atom. The molecule has 0 amide bonds. The molecule has 0 aliphatic rings. The molecule has 1 N–H and O–H groups in total. The van der Waals surface area contributed by atoms with Crippen LogP contribution in [-0.4, -0.2) is 5.11 Å². The Morgan fingerprint density at radius 2 is 1.09 bits per heavy atom. The molecule has 2 atom stereocenters. The van der Waals surface area contributed by atoms with E-state index in [0.717, 1.165) is 31.2 Å². The monoisotopic (exact) mass is 442 g/mol. The van der Waals surface area contributed by atoms with E-state index in [-0.39, 0.29) is 5.92 Å². The third-order valence-electron chi connectivity index (χ3n) is 7.03. The van der Waals surface area contributed by atoms with E-state index in [1.807, 2.05) is 12.1 Å². The zero-order chi connectivity index (χ0) is 23.6. The summed E-state index contributed by atoms with van der Waals surface area (Å²) in [5.74, 6) is 1.06. The lowest BCUT2D eigenvalue weighted by molar-refractivity contribution is 0.459. The fourth-order valence-corrected chi connectivity index (χ4v) is 5.14. The van der Waals surface area contributed by atoms with E-state index < -0.39 is 0 Å². The summed E-state index contributed by atoms with van der Waals surface area (Å²) >= 11 is 0. The molecule has 0 radical (unpaired) electrons. The van der Waals surface area contributed by atoms with Crippen molar-refractivity contribution in [3.8, 4) is 5.75 Å². The van der Waals surface area contributed by atoms with Gasteiger partial charge in [-0.05, 0) is 84.2 Å². The minimum Gasteiger partial charge on any atom is -0.508 e. The van der Waals surface area contributed by atoms with E-state index in [0.29, 0.717) is 11.7 Å². The number of hydrogen-bond donors (Lipinski definition) is 1. The van der Waals surface area contributed by atoms with Gasteiger partial charge in [-0.2, -0.15) is 0 Å². The van der Waals surface area contributed by atoms with Gasteiger partial charge in [0, 0.05) is 5.56 Å². The third-order valence-corrected chi connectivity index (χ3v) is 7.03. The van der Waals surface area contributed by atoms with Crippen LogP contribution >= 0.6 is 0 Å². The highest BCUT2D eigenvalue weighted by Gasteiger charge is 2.21. The summed E-state index contributed by atoms with van der Waals surface area (Å²) in [6.07, 6.45) is 9.15. The third kappa shape index (κ3) is 6.73. The molecule has 0 aliphatic carbocycles. The van der Waals surface area contributed by atoms with Crippen molar-refractivity contribution >= 4 is 0 Å². The number of unbranched alkanes of at least 4 members (excludes halogenated alkanes) is 2. The second-order valence-corrected chi connectivity index (χ2v) is 9.73. The van der Waals surface area contributed by atoms with Gasteiger partial charge >= 0.3 is 0 Å². The van der Waals surface area contributed by atoms with Gasteiger partial charge in [-0.25, -0.2) is 0 Å². The van der Waals surface area contributed by atoms with E-state index in [1.54, 1.807) is 0 Å². The first-order chi connectivity index (χ1) is 16.0. The van der Waals surface area contributed by atoms with Crippen LogP contribution in [-0.2, 0) is 25.7 Å². The largest absolute Gasteiger partial charge is 0.508 e. The lowest BCUT2D eigenvalue weighted by Gasteiger charge is -2.24. The molecule has 0 aliphatic heterocycles. The molecule has 176 valence electrons. The number of rotatable bonds is 12. The van der Waals surface area contributed by atoms with Crippen molar-refractivity contribution in [2.75, 3.05) is 0 Å². The number of aromatic hydroxyl groups is 1. The predicted molar refractivity (Wildman–Crippen MR) is 142 cm³/mol. The van der Waals surface area contributed by atoms with Crippen LogP contribution in [0.2, 0.25) is 0 Å². The molecule has 0 saturated heterocycles. The Labute approximate surface area is 201 Å². The zero-order valence-electron chi connectivity index (χ0n) is 21.1. The van der Waals surface area contributed by atoms with Crippen molar-refractivity contribution in [2.24, 2.45) is 0 Å². The quantitative estimate of drug-likeness (QED) is 0.297. The molecule has 0 heterocycles. The Kier molecular flexibility index (Phi) is 9.61. The van der Waals surface area contributed by atoms with Gasteiger partial charge in [0.05, 0.1) is 0 Å². The predicted octanol–water partition coefficient (Wildman–Crippen LogP) is 8.77. The van der Waals surface area contributed by atoms with Gasteiger partial charge in [0.1, 0.15) is 5.75 Å². The average Bonchev–Trinajstić information content (AvgIpc) is 2.82. The van der Waals surface area contributed by atoms with Crippen molar-refractivity contribution in [1.29, 1.82) is 0 Å². The van der Waals surface area contributed by atoms with Crippen LogP contribution < -0.4 is 0 Å². The molecule has 0 aromatic heterocycles. The Balaban J connectivity index is 1.85. The number of hydrogen-bond acceptors (Lipinski definition) is 1. The van der Waals surface area contributed by atoms with Gasteiger partial charge in [-0.3, -0.25) is 0 Å². The maximum absolute atomic E-state index is 10.9. The second kappa shape index (κ2) is 12.6. The lowest BCUT2D eigenvalue weighted by atomic mass is 9.81. The van der Waals surface area contributed by atoms with E-state index in [1.165, 1.54) is 53.5 Å². The van der Waals surface area contributed by atoms with Crippen molar-refractivity contribution < 1.29 is 5.11 Å². The summed E-state index contributed by atoms with van der Waals surface area (Å²) in [4.78, 5) is 0. The summed E-state index contributed by atoms with van der Waals surface area (Å²) in [7, 11) is 0. The molecule has 0 saturated carbocycles. The minimum absolute atomic E-state index is 0.266. The number of phenols is 1. The second-order valence-electron chi connectivity index (χ2n) is 9.73. The standard InChI is InChI=1S/C32H42O/c1-5-7-14-26-16-9-11-18-28(26)22-24(3)30-20-13-21-31(33)32(30)25(4)23-29-19-12-10-17-27(29)15-8-6-2/h9-13,16-21,24-25,33H,5-8,14-15,22-23H2,1-4H3. The van der Waals surface area contributed by atoms with Crippen molar-refractivity contribution in [2.45, 2.75) is 90.9 Å². The minimum atomic E-state index is 0.266. The van der Waals surface area contributed by atoms with Gasteiger partial charge in [0.25, 0.3) is 0 Å². The smallest absolute Gasteiger partial charge is 0.119 e. The fraction of sp³-hybridized carbons (Fsp3) is 0.438. The van der Waals surface area contributed by atoms with Gasteiger partial charge < -0.3 is 5.11 Å². The van der Waals surface area contributed by atoms with Gasteiger partial charge in [0.2, 0.25) is 0 Å². The van der Waals surface area contributed by atoms with Crippen LogP contribution in [0.25, 0.3) is 0 Å². The normalized spacial score (nSPS) is 13.1. The molecule has 2 unspecified atom stereocenters. The average molecular weight is 443 g/mol. The zero-order valence-corrected chi connectivity index (χ0v) is 21.1. The molecule has 3 aromatic rings. The van der Waals surface area contributed by atoms with E-state index in [2.05, 4.69) is 82.3 Å². The van der Waals surface area contributed by atoms with Crippen molar-refractivity contribution in [3.63, 3.8) is 0 Å². The SMILES string of the molecule is CCCCc1ccccc1CC(C)c1cccc(O)c1C(C)Cc1ccccc1CCCC. The lowest BCUT2D eigenvalue weighted by Crippen LogP contribution is -2.09. The first-order valence-corrected chi connectivity index (χ1v) is 13.0. The van der Waals surface area contributed by atoms with E-state index in [9.17, 15) is 5.11 Å². The van der Waals surface area contributed by atoms with Crippen molar-refractivity contribution in [3.05, 3.63) is 100 Å². The molecule has 0 bridgehead atoms. The molecule has 1 nitrogen and oxygen atoms in total. The molecule has 3 rings (SSSR count). The summed E-state index contributed by atoms with van der Waals surface area (Å²) in [6.45, 7) is 9.10. The topological polar surface area (TPSA) is 20.2 Å². The maximum atomic E-state index is 10.9. The van der Waals surface area contributed by atoms with Crippen molar-refractivity contribution in [1.82, 2.24) is 0 Å². The molecule has 0 spiro atoms. The highest BCUT2D eigenvalue weighted by atomic mass is 16.3. The summed E-state index contributed by atoms with van der Waals surface area (Å²) in [5.41, 5.74) is 8.22. The summed E-state index contributed by atoms with van der Waals surface area (Å²) < 4.78 is 0. The first kappa shape index (κ1) is 25.1. The Morgan fingerprint density at radius 3 is 1.61 bits per heavy atom. The molecule has 33 heavy (non-hydrogen) atoms. The number of benzene rings is 3. The molecule has 0 fully saturated rings. The molecular formula is C32H42O. The molecule has 1 heteroatoms. The van der Waals surface area contributed by atoms with Gasteiger partial charge in [-0.1, -0.05) is 101 Å². The van der Waals surface area contributed by atoms with Gasteiger partial charge in [-0.15, -0.1) is 0 Å².